The van der Waals surface area contributed by atoms with Crippen molar-refractivity contribution in [3.63, 3.8) is 0 Å². The summed E-state index contributed by atoms with van der Waals surface area (Å²) in [5, 5.41) is 0. The number of carbonyl (C=O) groups is 1. The van der Waals surface area contributed by atoms with Crippen LogP contribution in [0, 0.1) is 0 Å². The zero-order chi connectivity index (χ0) is 12.6. The Hall–Kier alpha value is -0.840. The van der Waals surface area contributed by atoms with Gasteiger partial charge in [0.2, 0.25) is 5.91 Å². The predicted octanol–water partition coefficient (Wildman–Crippen LogP) is 1.42. The Morgan fingerprint density at radius 2 is 2.12 bits per heavy atom. The maximum absolute atomic E-state index is 11.4. The first-order chi connectivity index (χ1) is 7.61. The molecule has 1 rings (SSSR count). The Kier molecular flexibility index (Phi) is 7.89. The van der Waals surface area contributed by atoms with Gasteiger partial charge < -0.3 is 10.6 Å². The van der Waals surface area contributed by atoms with Gasteiger partial charge >= 0.3 is 0 Å². The fourth-order valence-corrected chi connectivity index (χ4v) is 1.16. The average Bonchev–Trinajstić information content (AvgIpc) is 2.31. The molecule has 0 fully saturated rings. The molecule has 0 saturated heterocycles. The van der Waals surface area contributed by atoms with Crippen molar-refractivity contribution in [1.29, 1.82) is 0 Å². The molecular weight excluding hydrogens is 249 g/mol. The van der Waals surface area contributed by atoms with Crippen molar-refractivity contribution in [3.8, 4) is 0 Å². The summed E-state index contributed by atoms with van der Waals surface area (Å²) in [6.07, 6.45) is 2.18. The van der Waals surface area contributed by atoms with Crippen LogP contribution in [0.15, 0.2) is 24.4 Å². The van der Waals surface area contributed by atoms with Gasteiger partial charge in [-0.15, -0.1) is 0 Å². The molecule has 1 aromatic rings. The number of amides is 1. The molecule has 0 aliphatic carbocycles. The summed E-state index contributed by atoms with van der Waals surface area (Å²) in [4.78, 5) is 17.0. The number of carbonyl (C=O) groups excluding carboxylic acids is 1. The maximum atomic E-state index is 11.4. The molecule has 0 bridgehead atoms. The quantitative estimate of drug-likeness (QED) is 0.898. The summed E-state index contributed by atoms with van der Waals surface area (Å²) in [5.41, 5.74) is 6.56. The van der Waals surface area contributed by atoms with E-state index in [-0.39, 0.29) is 5.91 Å². The molecule has 0 spiro atoms. The Morgan fingerprint density at radius 1 is 1.50 bits per heavy atom. The van der Waals surface area contributed by atoms with Crippen LogP contribution < -0.4 is 5.73 Å². The van der Waals surface area contributed by atoms with Gasteiger partial charge in [-0.2, -0.15) is 0 Å². The molecule has 16 heavy (non-hydrogen) atoms. The summed E-state index contributed by atoms with van der Waals surface area (Å²) in [6.45, 7) is 0. The van der Waals surface area contributed by atoms with E-state index in [1.165, 1.54) is 4.90 Å². The van der Waals surface area contributed by atoms with Gasteiger partial charge in [0.1, 0.15) is 0 Å². The van der Waals surface area contributed by atoms with E-state index in [0.717, 1.165) is 5.69 Å². The van der Waals surface area contributed by atoms with Gasteiger partial charge in [-0.05, 0) is 12.1 Å². The number of hydrogen-bond acceptors (Lipinski definition) is 3. The Labute approximate surface area is 105 Å². The maximum Gasteiger partial charge on any atom is 0.239 e. The van der Waals surface area contributed by atoms with Crippen molar-refractivity contribution in [2.45, 2.75) is 12.5 Å². The van der Waals surface area contributed by atoms with Crippen LogP contribution in [0.25, 0.3) is 0 Å². The van der Waals surface area contributed by atoms with Gasteiger partial charge in [0.05, 0.1) is 6.04 Å². The molecule has 0 saturated carbocycles. The van der Waals surface area contributed by atoms with Crippen LogP contribution in [0.3, 0.4) is 0 Å². The third kappa shape index (κ3) is 5.30. The Balaban J connectivity index is 0.00000106. The van der Waals surface area contributed by atoms with Crippen molar-refractivity contribution in [3.05, 3.63) is 30.1 Å². The molecule has 0 aliphatic rings. The number of likely N-dealkylation sites (N-methyl/N-ethyl adjacent to an activating group) is 1. The lowest BCUT2D eigenvalue weighted by molar-refractivity contribution is -0.130. The lowest BCUT2D eigenvalue weighted by Crippen LogP contribution is -2.41. The first kappa shape index (κ1) is 15.2. The van der Waals surface area contributed by atoms with Crippen LogP contribution in [0.5, 0.6) is 0 Å². The summed E-state index contributed by atoms with van der Waals surface area (Å²) < 4.78 is 0. The first-order valence-corrected chi connectivity index (χ1v) is 5.76. The molecule has 1 aromatic heterocycles. The third-order valence-electron chi connectivity index (χ3n) is 1.91. The van der Waals surface area contributed by atoms with Crippen molar-refractivity contribution in [1.82, 2.24) is 9.88 Å². The van der Waals surface area contributed by atoms with Crippen LogP contribution in [0.1, 0.15) is 5.69 Å². The van der Waals surface area contributed by atoms with Crippen LogP contribution in [-0.4, -0.2) is 35.9 Å². The van der Waals surface area contributed by atoms with Crippen molar-refractivity contribution in [2.75, 3.05) is 14.1 Å². The molecule has 0 aliphatic heterocycles. The number of nitrogens with zero attached hydrogens (tertiary/aromatic N) is 2. The van der Waals surface area contributed by atoms with E-state index in [1.807, 2.05) is 18.2 Å². The minimum Gasteiger partial charge on any atom is -0.347 e. The molecule has 1 atom stereocenters. The largest absolute Gasteiger partial charge is 0.347 e. The minimum atomic E-state index is -0.500. The number of aromatic nitrogens is 1. The van der Waals surface area contributed by atoms with E-state index >= 15 is 0 Å². The third-order valence-corrected chi connectivity index (χ3v) is 1.91. The first-order valence-electron chi connectivity index (χ1n) is 4.62. The topological polar surface area (TPSA) is 59.2 Å². The van der Waals surface area contributed by atoms with Crippen LogP contribution in [0.4, 0.5) is 0 Å². The normalized spacial score (nSPS) is 11.1. The summed E-state index contributed by atoms with van der Waals surface area (Å²) in [7, 11) is 11.6. The van der Waals surface area contributed by atoms with E-state index in [2.05, 4.69) is 26.7 Å². The molecule has 0 radical (unpaired) electrons. The smallest absolute Gasteiger partial charge is 0.239 e. The second kappa shape index (κ2) is 8.33. The molecule has 0 aromatic carbocycles. The second-order valence-electron chi connectivity index (χ2n) is 3.36. The highest BCUT2D eigenvalue weighted by atomic mass is 36.5. The number of nitrogens with two attached hydrogens (primary N) is 1. The SMILES string of the molecule is CN(C)C(=O)[C@@H](N)Cc1ccccn1.ClCl. The van der Waals surface area contributed by atoms with Crippen LogP contribution in [0.2, 0.25) is 0 Å². The van der Waals surface area contributed by atoms with E-state index in [9.17, 15) is 4.79 Å². The van der Waals surface area contributed by atoms with Gasteiger partial charge in [-0.1, -0.05) is 6.07 Å². The number of rotatable bonds is 3. The highest BCUT2D eigenvalue weighted by Crippen LogP contribution is 1.99. The molecule has 1 amide bonds. The summed E-state index contributed by atoms with van der Waals surface area (Å²) in [6, 6.07) is 5.08. The van der Waals surface area contributed by atoms with Crippen LogP contribution >= 0.6 is 21.7 Å². The van der Waals surface area contributed by atoms with E-state index in [4.69, 9.17) is 5.73 Å². The second-order valence-corrected chi connectivity index (χ2v) is 3.36. The van der Waals surface area contributed by atoms with E-state index in [0.29, 0.717) is 6.42 Å². The average molecular weight is 264 g/mol. The standard InChI is InChI=1S/C10H15N3O.Cl2/c1-13(2)10(14)9(11)7-8-5-3-4-6-12-8;1-2/h3-6,9H,7,11H2,1-2H3;/t9-;/m0./s1. The van der Waals surface area contributed by atoms with E-state index in [1.54, 1.807) is 20.3 Å². The van der Waals surface area contributed by atoms with Gasteiger partial charge in [-0.3, -0.25) is 9.78 Å². The van der Waals surface area contributed by atoms with E-state index < -0.39 is 6.04 Å². The molecule has 0 unspecified atom stereocenters. The van der Waals surface area contributed by atoms with Gasteiger partial charge in [-0.25, -0.2) is 0 Å². The van der Waals surface area contributed by atoms with Gasteiger partial charge in [0.25, 0.3) is 0 Å². The number of pyridine rings is 1. The molecule has 90 valence electrons. The zero-order valence-electron chi connectivity index (χ0n) is 9.23. The van der Waals surface area contributed by atoms with Gasteiger partial charge in [0, 0.05) is 54.1 Å². The zero-order valence-corrected chi connectivity index (χ0v) is 10.7. The fourth-order valence-electron chi connectivity index (χ4n) is 1.16. The molecule has 6 heteroatoms. The van der Waals surface area contributed by atoms with Crippen molar-refractivity contribution >= 4 is 27.6 Å². The number of halogens is 2. The molecule has 4 nitrogen and oxygen atoms in total. The highest BCUT2D eigenvalue weighted by Gasteiger charge is 2.15. The minimum absolute atomic E-state index is 0.0735. The number of hydrogen-bond donors (Lipinski definition) is 1. The molecule has 1 heterocycles. The van der Waals surface area contributed by atoms with Gasteiger partial charge in [0.15, 0.2) is 0 Å². The fraction of sp³-hybridized carbons (Fsp3) is 0.400. The monoisotopic (exact) mass is 263 g/mol. The lowest BCUT2D eigenvalue weighted by atomic mass is 10.1. The predicted molar refractivity (Wildman–Crippen MR) is 66.3 cm³/mol. The van der Waals surface area contributed by atoms with Crippen LogP contribution in [-0.2, 0) is 11.2 Å². The van der Waals surface area contributed by atoms with Crippen molar-refractivity contribution in [2.24, 2.45) is 5.73 Å². The molecule has 2 N–H and O–H groups in total. The Bertz CT molecular complexity index is 306. The lowest BCUT2D eigenvalue weighted by Gasteiger charge is -2.16. The molecular formula is C10H15Cl2N3O. The Morgan fingerprint density at radius 3 is 2.56 bits per heavy atom. The summed E-state index contributed by atoms with van der Waals surface area (Å²) >= 11 is 0. The highest BCUT2D eigenvalue weighted by molar-refractivity contribution is 6.85. The van der Waals surface area contributed by atoms with Crippen molar-refractivity contribution < 1.29 is 4.79 Å². The summed E-state index contributed by atoms with van der Waals surface area (Å²) in [5.74, 6) is -0.0735.